The normalized spacial score (nSPS) is 18.9. The van der Waals surface area contributed by atoms with E-state index in [0.29, 0.717) is 19.7 Å². The van der Waals surface area contributed by atoms with Crippen molar-refractivity contribution in [1.82, 2.24) is 14.5 Å². The number of carbonyl (C=O) groups is 1. The van der Waals surface area contributed by atoms with Crippen molar-refractivity contribution in [3.05, 3.63) is 17.7 Å². The van der Waals surface area contributed by atoms with E-state index in [1.165, 1.54) is 0 Å². The third-order valence-corrected chi connectivity index (χ3v) is 4.14. The van der Waals surface area contributed by atoms with Gasteiger partial charge in [-0.25, -0.2) is 13.4 Å². The van der Waals surface area contributed by atoms with Gasteiger partial charge >= 0.3 is 0 Å². The van der Waals surface area contributed by atoms with Gasteiger partial charge in [-0.05, 0) is 6.92 Å². The Morgan fingerprint density at radius 2 is 2.20 bits per heavy atom. The highest BCUT2D eigenvalue weighted by atomic mass is 32.2. The van der Waals surface area contributed by atoms with Crippen LogP contribution < -0.4 is 0 Å². The number of amides is 1. The standard InChI is InChI=1S/C12H19N3O4S/c1-9-12-13-6-10(7-19-2)15(12)5-4-14(9)11(16)8-20(3,17)18/h6,9H,4-5,7-8H2,1-3H3/t9-/m0/s1. The Morgan fingerprint density at radius 1 is 1.50 bits per heavy atom. The first-order valence-electron chi connectivity index (χ1n) is 6.34. The Bertz CT molecular complexity index is 608. The number of methoxy groups -OCH3 is 1. The van der Waals surface area contributed by atoms with E-state index in [4.69, 9.17) is 4.74 Å². The Balaban J connectivity index is 2.19. The van der Waals surface area contributed by atoms with Crippen LogP contribution in [0.3, 0.4) is 0 Å². The molecule has 1 aromatic heterocycles. The molecule has 0 radical (unpaired) electrons. The average Bonchev–Trinajstić information content (AvgIpc) is 2.72. The number of hydrogen-bond donors (Lipinski definition) is 0. The molecule has 2 rings (SSSR count). The second kappa shape index (κ2) is 5.53. The van der Waals surface area contributed by atoms with Gasteiger partial charge in [0.25, 0.3) is 0 Å². The average molecular weight is 301 g/mol. The summed E-state index contributed by atoms with van der Waals surface area (Å²) in [5.74, 6) is -0.0594. The van der Waals surface area contributed by atoms with Crippen LogP contribution in [0, 0.1) is 0 Å². The summed E-state index contributed by atoms with van der Waals surface area (Å²) >= 11 is 0. The summed E-state index contributed by atoms with van der Waals surface area (Å²) in [6.07, 6.45) is 2.80. The summed E-state index contributed by atoms with van der Waals surface area (Å²) in [6.45, 7) is 3.41. The summed E-state index contributed by atoms with van der Waals surface area (Å²) in [4.78, 5) is 17.9. The lowest BCUT2D eigenvalue weighted by molar-refractivity contribution is -0.131. The first kappa shape index (κ1) is 15.0. The predicted molar refractivity (Wildman–Crippen MR) is 72.8 cm³/mol. The number of carbonyl (C=O) groups excluding carboxylic acids is 1. The number of sulfone groups is 1. The van der Waals surface area contributed by atoms with Crippen LogP contribution in [0.5, 0.6) is 0 Å². The minimum absolute atomic E-state index is 0.233. The third kappa shape index (κ3) is 3.01. The molecule has 0 fully saturated rings. The quantitative estimate of drug-likeness (QED) is 0.780. The Hall–Kier alpha value is -1.41. The van der Waals surface area contributed by atoms with Crippen molar-refractivity contribution in [2.75, 3.05) is 25.7 Å². The Labute approximate surface area is 118 Å². The maximum atomic E-state index is 12.1. The number of rotatable bonds is 4. The molecule has 2 heterocycles. The minimum atomic E-state index is -3.32. The SMILES string of the molecule is COCc1cnc2n1CCN(C(=O)CS(C)(=O)=O)[C@H]2C. The molecule has 0 N–H and O–H groups in total. The third-order valence-electron chi connectivity index (χ3n) is 3.37. The van der Waals surface area contributed by atoms with Crippen molar-refractivity contribution in [3.63, 3.8) is 0 Å². The van der Waals surface area contributed by atoms with Gasteiger partial charge in [0.1, 0.15) is 11.6 Å². The molecule has 1 aliphatic heterocycles. The van der Waals surface area contributed by atoms with Crippen LogP contribution in [0.25, 0.3) is 0 Å². The van der Waals surface area contributed by atoms with E-state index in [9.17, 15) is 13.2 Å². The zero-order valence-electron chi connectivity index (χ0n) is 11.9. The topological polar surface area (TPSA) is 81.5 Å². The lowest BCUT2D eigenvalue weighted by Gasteiger charge is -2.34. The molecule has 1 aromatic rings. The van der Waals surface area contributed by atoms with E-state index in [1.54, 1.807) is 18.2 Å². The summed E-state index contributed by atoms with van der Waals surface area (Å²) in [5, 5.41) is 0. The van der Waals surface area contributed by atoms with E-state index in [2.05, 4.69) is 4.98 Å². The van der Waals surface area contributed by atoms with Gasteiger partial charge in [0, 0.05) is 26.5 Å². The highest BCUT2D eigenvalue weighted by Gasteiger charge is 2.31. The molecule has 8 heteroatoms. The molecular weight excluding hydrogens is 282 g/mol. The van der Waals surface area contributed by atoms with Gasteiger partial charge in [0.05, 0.1) is 24.5 Å². The number of imidazole rings is 1. The molecule has 0 bridgehead atoms. The zero-order chi connectivity index (χ0) is 14.9. The first-order chi connectivity index (χ1) is 9.33. The maximum absolute atomic E-state index is 12.1. The summed E-state index contributed by atoms with van der Waals surface area (Å²) in [5.41, 5.74) is 0.963. The molecule has 1 aliphatic rings. The maximum Gasteiger partial charge on any atom is 0.238 e. The van der Waals surface area contributed by atoms with Crippen LogP contribution in [0.1, 0.15) is 24.5 Å². The van der Waals surface area contributed by atoms with Crippen molar-refractivity contribution >= 4 is 15.7 Å². The van der Waals surface area contributed by atoms with E-state index in [1.807, 2.05) is 11.5 Å². The lowest BCUT2D eigenvalue weighted by atomic mass is 10.2. The van der Waals surface area contributed by atoms with Crippen LogP contribution in [0.2, 0.25) is 0 Å². The van der Waals surface area contributed by atoms with Gasteiger partial charge in [0.15, 0.2) is 9.84 Å². The summed E-state index contributed by atoms with van der Waals surface area (Å²) in [6, 6.07) is -0.233. The molecule has 0 saturated heterocycles. The van der Waals surface area contributed by atoms with Gasteiger partial charge in [-0.15, -0.1) is 0 Å². The van der Waals surface area contributed by atoms with E-state index < -0.39 is 15.6 Å². The lowest BCUT2D eigenvalue weighted by Crippen LogP contribution is -2.43. The van der Waals surface area contributed by atoms with E-state index >= 15 is 0 Å². The summed E-state index contributed by atoms with van der Waals surface area (Å²) < 4.78 is 29.6. The molecule has 0 aliphatic carbocycles. The van der Waals surface area contributed by atoms with Crippen molar-refractivity contribution in [2.45, 2.75) is 26.1 Å². The largest absolute Gasteiger partial charge is 0.378 e. The Morgan fingerprint density at radius 3 is 2.80 bits per heavy atom. The summed E-state index contributed by atoms with van der Waals surface area (Å²) in [7, 11) is -1.70. The minimum Gasteiger partial charge on any atom is -0.378 e. The van der Waals surface area contributed by atoms with Gasteiger partial charge < -0.3 is 14.2 Å². The predicted octanol–water partition coefficient (Wildman–Crippen LogP) is -0.0227. The van der Waals surface area contributed by atoms with Crippen LogP contribution >= 0.6 is 0 Å². The van der Waals surface area contributed by atoms with Crippen molar-refractivity contribution in [2.24, 2.45) is 0 Å². The smallest absolute Gasteiger partial charge is 0.238 e. The molecule has 0 aromatic carbocycles. The number of ether oxygens (including phenoxy) is 1. The Kier molecular flexibility index (Phi) is 4.14. The van der Waals surface area contributed by atoms with Crippen molar-refractivity contribution in [3.8, 4) is 0 Å². The number of hydrogen-bond acceptors (Lipinski definition) is 5. The zero-order valence-corrected chi connectivity index (χ0v) is 12.7. The second-order valence-corrected chi connectivity index (χ2v) is 7.17. The molecule has 0 saturated carbocycles. The number of fused-ring (bicyclic) bond motifs is 1. The monoisotopic (exact) mass is 301 g/mol. The molecule has 20 heavy (non-hydrogen) atoms. The molecular formula is C12H19N3O4S. The molecule has 1 amide bonds. The van der Waals surface area contributed by atoms with Gasteiger partial charge in [-0.1, -0.05) is 0 Å². The number of aromatic nitrogens is 2. The van der Waals surface area contributed by atoms with Gasteiger partial charge in [-0.2, -0.15) is 0 Å². The van der Waals surface area contributed by atoms with Crippen LogP contribution in [-0.2, 0) is 32.5 Å². The van der Waals surface area contributed by atoms with Gasteiger partial charge in [0.2, 0.25) is 5.91 Å². The number of nitrogens with zero attached hydrogens (tertiary/aromatic N) is 3. The molecule has 112 valence electrons. The van der Waals surface area contributed by atoms with Crippen LogP contribution in [-0.4, -0.2) is 54.4 Å². The van der Waals surface area contributed by atoms with Gasteiger partial charge in [-0.3, -0.25) is 4.79 Å². The second-order valence-electron chi connectivity index (χ2n) is 5.03. The first-order valence-corrected chi connectivity index (χ1v) is 8.40. The van der Waals surface area contributed by atoms with E-state index in [0.717, 1.165) is 17.8 Å². The highest BCUT2D eigenvalue weighted by molar-refractivity contribution is 7.91. The highest BCUT2D eigenvalue weighted by Crippen LogP contribution is 2.25. The fourth-order valence-corrected chi connectivity index (χ4v) is 3.08. The fraction of sp³-hybridized carbons (Fsp3) is 0.667. The van der Waals surface area contributed by atoms with Crippen LogP contribution in [0.15, 0.2) is 6.20 Å². The molecule has 0 spiro atoms. The van der Waals surface area contributed by atoms with Crippen molar-refractivity contribution < 1.29 is 17.9 Å². The fourth-order valence-electron chi connectivity index (χ4n) is 2.47. The van der Waals surface area contributed by atoms with Crippen LogP contribution in [0.4, 0.5) is 0 Å². The molecule has 1 atom stereocenters. The molecule has 7 nitrogen and oxygen atoms in total. The molecule has 0 unspecified atom stereocenters. The van der Waals surface area contributed by atoms with E-state index in [-0.39, 0.29) is 11.9 Å². The van der Waals surface area contributed by atoms with Crippen molar-refractivity contribution in [1.29, 1.82) is 0 Å².